The van der Waals surface area contributed by atoms with Crippen LogP contribution in [0, 0.1) is 0 Å². The van der Waals surface area contributed by atoms with Gasteiger partial charge in [0.2, 0.25) is 0 Å². The van der Waals surface area contributed by atoms with Gasteiger partial charge in [-0.25, -0.2) is 0 Å². The van der Waals surface area contributed by atoms with E-state index in [0.717, 1.165) is 0 Å². The molecule has 0 spiro atoms. The van der Waals surface area contributed by atoms with Gasteiger partial charge in [0, 0.05) is 0 Å². The Kier molecular flexibility index (Phi) is 34.3. The van der Waals surface area contributed by atoms with E-state index in [-0.39, 0.29) is 45.0 Å². The van der Waals surface area contributed by atoms with E-state index in [4.69, 9.17) is 19.8 Å². The average Bonchev–Trinajstić information content (AvgIpc) is 1.83. The third-order valence-corrected chi connectivity index (χ3v) is 0.463. The van der Waals surface area contributed by atoms with Crippen LogP contribution in [0.4, 0.5) is 26.3 Å². The Morgan fingerprint density at radius 3 is 0.684 bits per heavy atom. The molecule has 0 aromatic heterocycles. The zero-order valence-corrected chi connectivity index (χ0v) is 10.0. The monoisotopic (exact) mass is 322 g/mol. The average molecular weight is 322 g/mol. The van der Waals surface area contributed by atoms with E-state index in [1.54, 1.807) is 0 Å². The molecule has 0 amide bonds. The van der Waals surface area contributed by atoms with Crippen LogP contribution < -0.4 is 10.2 Å². The van der Waals surface area contributed by atoms with Crippen LogP contribution in [0.5, 0.6) is 0 Å². The Hall–Kier alpha value is -0.874. The molecule has 0 bridgehead atoms. The Labute approximate surface area is 116 Å². The third-order valence-electron chi connectivity index (χ3n) is 0.463. The summed E-state index contributed by atoms with van der Waals surface area (Å²) in [5.74, 6) is -6.01. The maximum Gasteiger partial charge on any atom is 2.00 e. The summed E-state index contributed by atoms with van der Waals surface area (Å²) in [6.07, 6.45) is -10.4. The summed E-state index contributed by atoms with van der Waals surface area (Å²) in [5, 5.41) is 17.6. The second-order valence-electron chi connectivity index (χ2n) is 1.57. The first-order valence-corrected chi connectivity index (χ1v) is 2.45. The molecule has 0 aromatic rings. The van der Waals surface area contributed by atoms with Crippen LogP contribution in [0.3, 0.4) is 0 Å². The molecule has 0 aliphatic heterocycles. The topological polar surface area (TPSA) is 206 Å². The van der Waals surface area contributed by atoms with Gasteiger partial charge in [-0.05, 0) is 0 Å². The first-order chi connectivity index (χ1) is 5.89. The Morgan fingerprint density at radius 1 is 0.632 bits per heavy atom. The molecule has 116 valence electrons. The van der Waals surface area contributed by atoms with Gasteiger partial charge in [0.05, 0.1) is 0 Å². The predicted octanol–water partition coefficient (Wildman–Crippen LogP) is -5.08. The minimum absolute atomic E-state index is 0. The van der Waals surface area contributed by atoms with E-state index < -0.39 is 24.3 Å². The fourth-order valence-electron chi connectivity index (χ4n) is 0. The maximum absolute atomic E-state index is 10.5. The number of hydrogen-bond donors (Lipinski definition) is 0. The summed E-state index contributed by atoms with van der Waals surface area (Å²) in [6.45, 7) is 0. The number of carbonyl (C=O) groups is 2. The van der Waals surface area contributed by atoms with Crippen LogP contribution in [0.1, 0.15) is 0 Å². The molecule has 0 atom stereocenters. The fraction of sp³-hybridized carbons (Fsp3) is 0.500. The molecule has 0 fully saturated rings. The molecular formula is C4H8F6MgO8. The molecule has 15 heteroatoms. The van der Waals surface area contributed by atoms with Gasteiger partial charge < -0.3 is 41.7 Å². The van der Waals surface area contributed by atoms with Crippen LogP contribution in [0.15, 0.2) is 0 Å². The molecule has 0 rings (SSSR count). The van der Waals surface area contributed by atoms with Crippen LogP contribution >= 0.6 is 0 Å². The summed E-state index contributed by atoms with van der Waals surface area (Å²) in [4.78, 5) is 17.6. The zero-order chi connectivity index (χ0) is 12.2. The van der Waals surface area contributed by atoms with E-state index in [0.29, 0.717) is 0 Å². The number of alkyl halides is 6. The summed E-state index contributed by atoms with van der Waals surface area (Å²) < 4.78 is 63.1. The predicted molar refractivity (Wildman–Crippen MR) is 42.3 cm³/mol. The Bertz CT molecular complexity index is 202. The summed E-state index contributed by atoms with van der Waals surface area (Å²) in [7, 11) is 0. The molecule has 0 saturated carbocycles. The maximum atomic E-state index is 10.5. The molecule has 0 heterocycles. The molecule has 8 N–H and O–H groups in total. The second kappa shape index (κ2) is 15.2. The Morgan fingerprint density at radius 2 is 0.684 bits per heavy atom. The van der Waals surface area contributed by atoms with Crippen LogP contribution in [-0.2, 0) is 9.59 Å². The second-order valence-corrected chi connectivity index (χ2v) is 1.57. The molecule has 8 nitrogen and oxygen atoms in total. The number of hydrogen-bond acceptors (Lipinski definition) is 4. The van der Waals surface area contributed by atoms with Gasteiger partial charge in [-0.15, -0.1) is 0 Å². The van der Waals surface area contributed by atoms with Gasteiger partial charge in [0.1, 0.15) is 11.9 Å². The standard InChI is InChI=1S/2C2HF3O2.Mg.4H2O/c2*3-2(4,5)1(6)7;;;;;/h2*(H,6,7);;4*1H2/q;;+2;;;;/p-2. The van der Waals surface area contributed by atoms with Gasteiger partial charge in [-0.3, -0.25) is 0 Å². The summed E-state index contributed by atoms with van der Waals surface area (Å²) >= 11 is 0. The van der Waals surface area contributed by atoms with Gasteiger partial charge >= 0.3 is 35.4 Å². The van der Waals surface area contributed by atoms with Crippen molar-refractivity contribution in [2.75, 3.05) is 0 Å². The van der Waals surface area contributed by atoms with Crippen molar-refractivity contribution in [1.82, 2.24) is 0 Å². The normalized spacial score (nSPS) is 8.32. The van der Waals surface area contributed by atoms with E-state index in [1.165, 1.54) is 0 Å². The van der Waals surface area contributed by atoms with Crippen LogP contribution in [0.2, 0.25) is 0 Å². The van der Waals surface area contributed by atoms with E-state index in [2.05, 4.69) is 0 Å². The number of carboxylic acid groups (broad SMARTS) is 2. The molecule has 0 aliphatic carbocycles. The molecule has 0 unspecified atom stereocenters. The number of rotatable bonds is 0. The van der Waals surface area contributed by atoms with E-state index >= 15 is 0 Å². The van der Waals surface area contributed by atoms with Crippen molar-refractivity contribution in [3.8, 4) is 0 Å². The first-order valence-electron chi connectivity index (χ1n) is 2.45. The molecule has 0 aromatic carbocycles. The van der Waals surface area contributed by atoms with Crippen molar-refractivity contribution in [2.45, 2.75) is 12.4 Å². The summed E-state index contributed by atoms with van der Waals surface area (Å²) in [5.41, 5.74) is 0. The molecule has 0 saturated heterocycles. The van der Waals surface area contributed by atoms with E-state index in [1.807, 2.05) is 0 Å². The smallest absolute Gasteiger partial charge is 0.542 e. The van der Waals surface area contributed by atoms with Crippen molar-refractivity contribution in [3.63, 3.8) is 0 Å². The fourth-order valence-corrected chi connectivity index (χ4v) is 0. The van der Waals surface area contributed by atoms with Crippen molar-refractivity contribution in [3.05, 3.63) is 0 Å². The Balaban J connectivity index is -0.0000000240. The molecule has 0 aliphatic rings. The summed E-state index contributed by atoms with van der Waals surface area (Å²) in [6, 6.07) is 0. The van der Waals surface area contributed by atoms with Crippen molar-refractivity contribution in [2.24, 2.45) is 0 Å². The van der Waals surface area contributed by atoms with Gasteiger partial charge in [0.25, 0.3) is 0 Å². The third kappa shape index (κ3) is 31.7. The minimum Gasteiger partial charge on any atom is -0.542 e. The number of aliphatic carboxylic acids is 2. The quantitative estimate of drug-likeness (QED) is 0.316. The molecule has 0 radical (unpaired) electrons. The van der Waals surface area contributed by atoms with Gasteiger partial charge in [-0.1, -0.05) is 0 Å². The first kappa shape index (κ1) is 42.9. The SMILES string of the molecule is O.O.O.O.O=C([O-])C(F)(F)F.O=C([O-])C(F)(F)F.[Mg+2]. The van der Waals surface area contributed by atoms with Gasteiger partial charge in [0.15, 0.2) is 0 Å². The number of carboxylic acids is 2. The number of carbonyl (C=O) groups excluding carboxylic acids is 2. The molecular weight excluding hydrogens is 314 g/mol. The van der Waals surface area contributed by atoms with Gasteiger partial charge in [-0.2, -0.15) is 26.3 Å². The van der Waals surface area contributed by atoms with Crippen molar-refractivity contribution < 1.29 is 68.0 Å². The zero-order valence-electron chi connectivity index (χ0n) is 8.61. The van der Waals surface area contributed by atoms with Crippen molar-refractivity contribution >= 4 is 35.0 Å². The van der Waals surface area contributed by atoms with Crippen LogP contribution in [-0.4, -0.2) is 69.2 Å². The van der Waals surface area contributed by atoms with Crippen molar-refractivity contribution in [1.29, 1.82) is 0 Å². The largest absolute Gasteiger partial charge is 2.00 e. The van der Waals surface area contributed by atoms with Crippen LogP contribution in [0.25, 0.3) is 0 Å². The molecule has 19 heavy (non-hydrogen) atoms. The van der Waals surface area contributed by atoms with E-state index in [9.17, 15) is 26.3 Å². The number of halogens is 6. The minimum atomic E-state index is -5.19.